The summed E-state index contributed by atoms with van der Waals surface area (Å²) in [5.74, 6) is 0.769. The van der Waals surface area contributed by atoms with Gasteiger partial charge in [0.1, 0.15) is 5.75 Å². The number of pyridine rings is 3. The van der Waals surface area contributed by atoms with Gasteiger partial charge in [-0.05, 0) is 35.9 Å². The smallest absolute Gasteiger partial charge is 0.260 e. The van der Waals surface area contributed by atoms with E-state index in [1.54, 1.807) is 34.7 Å². The van der Waals surface area contributed by atoms with Crippen molar-refractivity contribution in [2.45, 2.75) is 13.1 Å². The zero-order chi connectivity index (χ0) is 22.8. The van der Waals surface area contributed by atoms with Crippen LogP contribution in [0.2, 0.25) is 0 Å². The Balaban J connectivity index is 1.47. The molecule has 4 heterocycles. The molecule has 0 bridgehead atoms. The van der Waals surface area contributed by atoms with Gasteiger partial charge in [-0.25, -0.2) is 4.98 Å². The Morgan fingerprint density at radius 2 is 1.52 bits per heavy atom. The standard InChI is InChI=1S/C25H26N4O4/c1-32-19-4-2-18(3-5-19)17-29-9-7-23-21(25(29)31)16-20-22(26-23)6-8-28(24(20)30)11-10-27-12-14-33-15-13-27/h2-9,16H,10-15,17H2,1H3. The van der Waals surface area contributed by atoms with Crippen LogP contribution in [0.25, 0.3) is 21.8 Å². The summed E-state index contributed by atoms with van der Waals surface area (Å²) in [7, 11) is 1.62. The zero-order valence-electron chi connectivity index (χ0n) is 18.6. The molecule has 5 rings (SSSR count). The summed E-state index contributed by atoms with van der Waals surface area (Å²) in [4.78, 5) is 33.2. The van der Waals surface area contributed by atoms with Crippen molar-refractivity contribution in [2.24, 2.45) is 0 Å². The minimum absolute atomic E-state index is 0.125. The average Bonchev–Trinajstić information content (AvgIpc) is 2.86. The van der Waals surface area contributed by atoms with Gasteiger partial charge in [-0.3, -0.25) is 14.5 Å². The summed E-state index contributed by atoms with van der Waals surface area (Å²) in [5.41, 5.74) is 1.88. The highest BCUT2D eigenvalue weighted by atomic mass is 16.5. The van der Waals surface area contributed by atoms with Crippen LogP contribution in [-0.4, -0.2) is 59.0 Å². The third-order valence-corrected chi connectivity index (χ3v) is 6.16. The van der Waals surface area contributed by atoms with Crippen LogP contribution in [0.4, 0.5) is 0 Å². The Bertz CT molecular complexity index is 1400. The van der Waals surface area contributed by atoms with Crippen LogP contribution in [0.5, 0.6) is 5.75 Å². The number of hydrogen-bond acceptors (Lipinski definition) is 6. The number of benzene rings is 1. The van der Waals surface area contributed by atoms with Gasteiger partial charge >= 0.3 is 0 Å². The van der Waals surface area contributed by atoms with Gasteiger partial charge in [0, 0.05) is 38.6 Å². The highest BCUT2D eigenvalue weighted by Crippen LogP contribution is 2.16. The van der Waals surface area contributed by atoms with E-state index < -0.39 is 0 Å². The molecule has 170 valence electrons. The third kappa shape index (κ3) is 4.40. The highest BCUT2D eigenvalue weighted by Gasteiger charge is 2.13. The van der Waals surface area contributed by atoms with Gasteiger partial charge in [-0.2, -0.15) is 0 Å². The number of fused-ring (bicyclic) bond motifs is 2. The van der Waals surface area contributed by atoms with E-state index in [2.05, 4.69) is 9.88 Å². The van der Waals surface area contributed by atoms with Gasteiger partial charge in [-0.1, -0.05) is 12.1 Å². The molecule has 1 aliphatic heterocycles. The largest absolute Gasteiger partial charge is 0.497 e. The molecule has 33 heavy (non-hydrogen) atoms. The number of aromatic nitrogens is 3. The normalized spacial score (nSPS) is 14.7. The molecule has 0 spiro atoms. The van der Waals surface area contributed by atoms with Crippen LogP contribution < -0.4 is 15.9 Å². The lowest BCUT2D eigenvalue weighted by atomic mass is 10.1. The number of nitrogens with zero attached hydrogens (tertiary/aromatic N) is 4. The summed E-state index contributed by atoms with van der Waals surface area (Å²) < 4.78 is 13.9. The molecule has 3 aromatic heterocycles. The van der Waals surface area contributed by atoms with Crippen LogP contribution in [0.3, 0.4) is 0 Å². The van der Waals surface area contributed by atoms with Gasteiger partial charge in [0.15, 0.2) is 0 Å². The predicted molar refractivity (Wildman–Crippen MR) is 127 cm³/mol. The van der Waals surface area contributed by atoms with Crippen molar-refractivity contribution < 1.29 is 9.47 Å². The zero-order valence-corrected chi connectivity index (χ0v) is 18.6. The van der Waals surface area contributed by atoms with E-state index >= 15 is 0 Å². The Morgan fingerprint density at radius 3 is 2.18 bits per heavy atom. The van der Waals surface area contributed by atoms with Crippen molar-refractivity contribution in [3.05, 3.63) is 81.1 Å². The number of hydrogen-bond donors (Lipinski definition) is 0. The molecule has 1 fully saturated rings. The molecule has 0 unspecified atom stereocenters. The van der Waals surface area contributed by atoms with E-state index in [1.165, 1.54) is 0 Å². The number of morpholine rings is 1. The topological polar surface area (TPSA) is 78.6 Å². The molecule has 0 radical (unpaired) electrons. The van der Waals surface area contributed by atoms with Crippen molar-refractivity contribution in [2.75, 3.05) is 40.0 Å². The van der Waals surface area contributed by atoms with E-state index in [4.69, 9.17) is 9.47 Å². The van der Waals surface area contributed by atoms with E-state index in [9.17, 15) is 9.59 Å². The molecule has 8 nitrogen and oxygen atoms in total. The Labute approximate surface area is 190 Å². The van der Waals surface area contributed by atoms with Crippen LogP contribution in [0.1, 0.15) is 5.56 Å². The van der Waals surface area contributed by atoms with Gasteiger partial charge in [0.25, 0.3) is 11.1 Å². The molecule has 1 aliphatic rings. The summed E-state index contributed by atoms with van der Waals surface area (Å²) in [6.45, 7) is 5.00. The predicted octanol–water partition coefficient (Wildman–Crippen LogP) is 2.10. The van der Waals surface area contributed by atoms with Crippen molar-refractivity contribution in [1.29, 1.82) is 0 Å². The fourth-order valence-corrected chi connectivity index (χ4v) is 4.21. The monoisotopic (exact) mass is 446 g/mol. The summed E-state index contributed by atoms with van der Waals surface area (Å²) in [6, 6.07) is 13.0. The molecule has 0 saturated carbocycles. The van der Waals surface area contributed by atoms with E-state index in [-0.39, 0.29) is 11.1 Å². The fourth-order valence-electron chi connectivity index (χ4n) is 4.21. The maximum Gasteiger partial charge on any atom is 0.260 e. The minimum atomic E-state index is -0.166. The van der Waals surface area contributed by atoms with Gasteiger partial charge in [0.2, 0.25) is 0 Å². The first kappa shape index (κ1) is 21.4. The lowest BCUT2D eigenvalue weighted by Crippen LogP contribution is -2.39. The quantitative estimate of drug-likeness (QED) is 0.422. The Hall–Kier alpha value is -3.49. The van der Waals surface area contributed by atoms with Gasteiger partial charge in [-0.15, -0.1) is 0 Å². The van der Waals surface area contributed by atoms with E-state index in [0.29, 0.717) is 34.9 Å². The molecule has 0 aliphatic carbocycles. The molecule has 1 aromatic carbocycles. The molecule has 8 heteroatoms. The molecule has 0 amide bonds. The molecule has 0 atom stereocenters. The highest BCUT2D eigenvalue weighted by molar-refractivity contribution is 5.91. The lowest BCUT2D eigenvalue weighted by molar-refractivity contribution is 0.0363. The van der Waals surface area contributed by atoms with Crippen LogP contribution in [-0.2, 0) is 17.8 Å². The SMILES string of the molecule is COc1ccc(Cn2ccc3nc4ccn(CCN5CCOCC5)c(=O)c4cc3c2=O)cc1. The Morgan fingerprint density at radius 1 is 0.879 bits per heavy atom. The fraction of sp³-hybridized carbons (Fsp3) is 0.320. The number of ether oxygens (including phenoxy) is 2. The van der Waals surface area contributed by atoms with Gasteiger partial charge in [0.05, 0.1) is 48.7 Å². The van der Waals surface area contributed by atoms with Crippen molar-refractivity contribution >= 4 is 21.8 Å². The van der Waals surface area contributed by atoms with E-state index in [1.807, 2.05) is 36.4 Å². The first-order valence-corrected chi connectivity index (χ1v) is 11.1. The maximum atomic E-state index is 13.2. The molecule has 4 aromatic rings. The Kier molecular flexibility index (Phi) is 5.93. The first-order chi connectivity index (χ1) is 16.1. The summed E-state index contributed by atoms with van der Waals surface area (Å²) in [5, 5.41) is 0.910. The second-order valence-electron chi connectivity index (χ2n) is 8.22. The summed E-state index contributed by atoms with van der Waals surface area (Å²) in [6.07, 6.45) is 3.53. The van der Waals surface area contributed by atoms with Crippen LogP contribution in [0.15, 0.2) is 64.4 Å². The average molecular weight is 447 g/mol. The molecular formula is C25H26N4O4. The molecule has 1 saturated heterocycles. The maximum absolute atomic E-state index is 13.2. The second kappa shape index (κ2) is 9.17. The number of rotatable bonds is 6. The van der Waals surface area contributed by atoms with Crippen molar-refractivity contribution in [1.82, 2.24) is 19.0 Å². The lowest BCUT2D eigenvalue weighted by Gasteiger charge is -2.26. The first-order valence-electron chi connectivity index (χ1n) is 11.1. The van der Waals surface area contributed by atoms with Crippen LogP contribution in [0, 0.1) is 0 Å². The summed E-state index contributed by atoms with van der Waals surface area (Å²) >= 11 is 0. The second-order valence-corrected chi connectivity index (χ2v) is 8.22. The third-order valence-electron chi connectivity index (χ3n) is 6.16. The van der Waals surface area contributed by atoms with Gasteiger partial charge < -0.3 is 18.6 Å². The molecule has 0 N–H and O–H groups in total. The number of methoxy groups -OCH3 is 1. The van der Waals surface area contributed by atoms with Crippen molar-refractivity contribution in [3.63, 3.8) is 0 Å². The van der Waals surface area contributed by atoms with E-state index in [0.717, 1.165) is 44.2 Å². The van der Waals surface area contributed by atoms with Crippen molar-refractivity contribution in [3.8, 4) is 5.75 Å². The van der Waals surface area contributed by atoms with Crippen LogP contribution >= 0.6 is 0 Å². The molecular weight excluding hydrogens is 420 g/mol. The minimum Gasteiger partial charge on any atom is -0.497 e.